The molecule has 3 aromatic carbocycles. The molecule has 1 amide bonds. The highest BCUT2D eigenvalue weighted by Crippen LogP contribution is 2.30. The Bertz CT molecular complexity index is 1020. The minimum absolute atomic E-state index is 0.317. The number of nitrogens with zero attached hydrogens (tertiary/aromatic N) is 1. The number of benzene rings is 3. The number of para-hydroxylation sites is 2. The summed E-state index contributed by atoms with van der Waals surface area (Å²) in [6.07, 6.45) is -0.739. The molecule has 6 heteroatoms. The van der Waals surface area contributed by atoms with Crippen molar-refractivity contribution < 1.29 is 19.0 Å². The smallest absolute Gasteiger partial charge is 0.265 e. The van der Waals surface area contributed by atoms with Crippen LogP contribution in [0, 0.1) is 11.3 Å². The van der Waals surface area contributed by atoms with Gasteiger partial charge in [-0.15, -0.1) is 0 Å². The molecule has 1 atom stereocenters. The first-order valence-corrected chi connectivity index (χ1v) is 9.56. The average Bonchev–Trinajstić information content (AvgIpc) is 2.77. The topological polar surface area (TPSA) is 80.6 Å². The van der Waals surface area contributed by atoms with E-state index in [1.807, 2.05) is 37.3 Å². The third kappa shape index (κ3) is 5.52. The van der Waals surface area contributed by atoms with E-state index in [1.54, 1.807) is 55.5 Å². The number of anilines is 1. The first kappa shape index (κ1) is 20.7. The third-order valence-corrected chi connectivity index (χ3v) is 4.17. The lowest BCUT2D eigenvalue weighted by Crippen LogP contribution is -2.30. The Morgan fingerprint density at radius 1 is 0.967 bits per heavy atom. The van der Waals surface area contributed by atoms with E-state index >= 15 is 0 Å². The van der Waals surface area contributed by atoms with Crippen molar-refractivity contribution in [2.45, 2.75) is 20.0 Å². The van der Waals surface area contributed by atoms with Crippen LogP contribution in [-0.4, -0.2) is 18.6 Å². The normalized spacial score (nSPS) is 11.1. The van der Waals surface area contributed by atoms with Crippen LogP contribution < -0.4 is 19.5 Å². The number of hydrogen-bond acceptors (Lipinski definition) is 5. The van der Waals surface area contributed by atoms with Gasteiger partial charge in [0.25, 0.3) is 5.91 Å². The summed E-state index contributed by atoms with van der Waals surface area (Å²) in [6, 6.07) is 23.1. The second kappa shape index (κ2) is 9.99. The monoisotopic (exact) mass is 402 g/mol. The van der Waals surface area contributed by atoms with E-state index in [-0.39, 0.29) is 5.91 Å². The van der Waals surface area contributed by atoms with Crippen LogP contribution in [0.25, 0.3) is 0 Å². The van der Waals surface area contributed by atoms with Gasteiger partial charge in [-0.2, -0.15) is 5.26 Å². The van der Waals surface area contributed by atoms with E-state index in [1.165, 1.54) is 0 Å². The molecule has 0 saturated carbocycles. The summed E-state index contributed by atoms with van der Waals surface area (Å²) >= 11 is 0. The highest BCUT2D eigenvalue weighted by Gasteiger charge is 2.17. The van der Waals surface area contributed by atoms with Crippen molar-refractivity contribution in [3.63, 3.8) is 0 Å². The van der Waals surface area contributed by atoms with Gasteiger partial charge >= 0.3 is 0 Å². The summed E-state index contributed by atoms with van der Waals surface area (Å²) in [4.78, 5) is 12.6. The summed E-state index contributed by atoms with van der Waals surface area (Å²) in [6.45, 7) is 4.18. The lowest BCUT2D eigenvalue weighted by Gasteiger charge is -2.17. The number of carbonyl (C=O) groups excluding carboxylic acids is 1. The van der Waals surface area contributed by atoms with Gasteiger partial charge in [0.2, 0.25) is 0 Å². The van der Waals surface area contributed by atoms with E-state index in [9.17, 15) is 4.79 Å². The van der Waals surface area contributed by atoms with Crippen molar-refractivity contribution in [1.82, 2.24) is 0 Å². The zero-order chi connectivity index (χ0) is 21.3. The first-order chi connectivity index (χ1) is 14.6. The molecule has 30 heavy (non-hydrogen) atoms. The number of rotatable bonds is 8. The van der Waals surface area contributed by atoms with Gasteiger partial charge in [0.15, 0.2) is 11.9 Å². The molecule has 0 fully saturated rings. The van der Waals surface area contributed by atoms with E-state index in [2.05, 4.69) is 5.32 Å². The van der Waals surface area contributed by atoms with Crippen molar-refractivity contribution >= 4 is 11.6 Å². The fraction of sp³-hybridized carbons (Fsp3) is 0.167. The number of nitriles is 1. The molecule has 0 spiro atoms. The minimum atomic E-state index is -0.739. The molecule has 0 radical (unpaired) electrons. The van der Waals surface area contributed by atoms with Crippen molar-refractivity contribution in [1.29, 1.82) is 5.26 Å². The fourth-order valence-corrected chi connectivity index (χ4v) is 2.66. The van der Waals surface area contributed by atoms with E-state index in [0.29, 0.717) is 35.1 Å². The zero-order valence-corrected chi connectivity index (χ0v) is 16.8. The maximum Gasteiger partial charge on any atom is 0.265 e. The summed E-state index contributed by atoms with van der Waals surface area (Å²) in [5.74, 6) is 2.10. The lowest BCUT2D eigenvalue weighted by molar-refractivity contribution is -0.122. The average molecular weight is 402 g/mol. The number of nitrogens with one attached hydrogen (secondary N) is 1. The summed E-state index contributed by atoms with van der Waals surface area (Å²) < 4.78 is 17.0. The molecule has 3 aromatic rings. The second-order valence-corrected chi connectivity index (χ2v) is 6.39. The molecule has 1 N–H and O–H groups in total. The van der Waals surface area contributed by atoms with Crippen molar-refractivity contribution in [3.05, 3.63) is 78.4 Å². The van der Waals surface area contributed by atoms with Crippen LogP contribution in [-0.2, 0) is 4.79 Å². The Kier molecular flexibility index (Phi) is 6.91. The van der Waals surface area contributed by atoms with Crippen molar-refractivity contribution in [2.24, 2.45) is 0 Å². The molecule has 0 aliphatic heterocycles. The fourth-order valence-electron chi connectivity index (χ4n) is 2.66. The van der Waals surface area contributed by atoms with E-state index < -0.39 is 6.10 Å². The Balaban J connectivity index is 1.65. The number of ether oxygens (including phenoxy) is 3. The molecular formula is C24H22N2O4. The number of carbonyl (C=O) groups is 1. The van der Waals surface area contributed by atoms with Crippen LogP contribution >= 0.6 is 0 Å². The highest BCUT2D eigenvalue weighted by molar-refractivity contribution is 5.95. The SMILES string of the molecule is CCOc1ccc(Oc2ccccc2NC(=O)C(C)Oc2ccc(C#N)cc2)cc1. The Hall–Kier alpha value is -3.98. The largest absolute Gasteiger partial charge is 0.494 e. The maximum atomic E-state index is 12.6. The predicted molar refractivity (Wildman–Crippen MR) is 114 cm³/mol. The molecule has 0 aliphatic carbocycles. The Morgan fingerprint density at radius 3 is 2.27 bits per heavy atom. The molecule has 0 aromatic heterocycles. The van der Waals surface area contributed by atoms with Crippen molar-refractivity contribution in [2.75, 3.05) is 11.9 Å². The Labute approximate surface area is 175 Å². The van der Waals surface area contributed by atoms with Crippen LogP contribution in [0.3, 0.4) is 0 Å². The summed E-state index contributed by atoms with van der Waals surface area (Å²) in [7, 11) is 0. The lowest BCUT2D eigenvalue weighted by atomic mass is 10.2. The molecule has 6 nitrogen and oxygen atoms in total. The molecule has 0 saturated heterocycles. The zero-order valence-electron chi connectivity index (χ0n) is 16.8. The quantitative estimate of drug-likeness (QED) is 0.563. The van der Waals surface area contributed by atoms with Crippen LogP contribution in [0.1, 0.15) is 19.4 Å². The number of hydrogen-bond donors (Lipinski definition) is 1. The molecule has 0 heterocycles. The Morgan fingerprint density at radius 2 is 1.60 bits per heavy atom. The second-order valence-electron chi connectivity index (χ2n) is 6.39. The standard InChI is InChI=1S/C24H22N2O4/c1-3-28-19-12-14-21(15-13-19)30-23-7-5-4-6-22(23)26-24(27)17(2)29-20-10-8-18(16-25)9-11-20/h4-15,17H,3H2,1-2H3,(H,26,27). The van der Waals surface area contributed by atoms with Crippen LogP contribution in [0.2, 0.25) is 0 Å². The molecule has 3 rings (SSSR count). The molecule has 0 bridgehead atoms. The van der Waals surface area contributed by atoms with Gasteiger partial charge in [0, 0.05) is 0 Å². The maximum absolute atomic E-state index is 12.6. The van der Waals surface area contributed by atoms with Gasteiger partial charge in [-0.3, -0.25) is 4.79 Å². The van der Waals surface area contributed by atoms with Gasteiger partial charge in [-0.05, 0) is 74.5 Å². The van der Waals surface area contributed by atoms with Gasteiger partial charge in [0.1, 0.15) is 17.2 Å². The van der Waals surface area contributed by atoms with E-state index in [4.69, 9.17) is 19.5 Å². The summed E-state index contributed by atoms with van der Waals surface area (Å²) in [5.41, 5.74) is 1.06. The molecule has 152 valence electrons. The molecule has 0 aliphatic rings. The van der Waals surface area contributed by atoms with Crippen LogP contribution in [0.15, 0.2) is 72.8 Å². The van der Waals surface area contributed by atoms with Crippen LogP contribution in [0.4, 0.5) is 5.69 Å². The summed E-state index contributed by atoms with van der Waals surface area (Å²) in [5, 5.41) is 11.7. The third-order valence-electron chi connectivity index (χ3n) is 4.17. The first-order valence-electron chi connectivity index (χ1n) is 9.56. The minimum Gasteiger partial charge on any atom is -0.494 e. The highest BCUT2D eigenvalue weighted by atomic mass is 16.5. The molecular weight excluding hydrogens is 380 g/mol. The number of amides is 1. The van der Waals surface area contributed by atoms with Crippen molar-refractivity contribution in [3.8, 4) is 29.1 Å². The van der Waals surface area contributed by atoms with Crippen LogP contribution in [0.5, 0.6) is 23.0 Å². The predicted octanol–water partition coefficient (Wildman–Crippen LogP) is 5.16. The van der Waals surface area contributed by atoms with Gasteiger partial charge in [-0.25, -0.2) is 0 Å². The molecule has 1 unspecified atom stereocenters. The van der Waals surface area contributed by atoms with Gasteiger partial charge in [0.05, 0.1) is 23.9 Å². The van der Waals surface area contributed by atoms with Gasteiger partial charge < -0.3 is 19.5 Å². The van der Waals surface area contributed by atoms with Gasteiger partial charge in [-0.1, -0.05) is 12.1 Å². The van der Waals surface area contributed by atoms with E-state index in [0.717, 1.165) is 5.75 Å².